The molecule has 0 bridgehead atoms. The number of hydrogen-bond donors (Lipinski definition) is 1. The molecule has 0 aliphatic heterocycles. The monoisotopic (exact) mass is 267 g/mol. The van der Waals surface area contributed by atoms with Crippen molar-refractivity contribution in [2.24, 2.45) is 0 Å². The number of aromatic nitrogens is 2. The SMILES string of the molecule is CCNC(C)c1cnc(CSC(C)CC)nc1C. The lowest BCUT2D eigenvalue weighted by Crippen LogP contribution is -2.19. The summed E-state index contributed by atoms with van der Waals surface area (Å²) in [5.41, 5.74) is 2.30. The highest BCUT2D eigenvalue weighted by molar-refractivity contribution is 7.99. The third-order valence-electron chi connectivity index (χ3n) is 3.12. The van der Waals surface area contributed by atoms with Crippen LogP contribution < -0.4 is 5.32 Å². The van der Waals surface area contributed by atoms with Gasteiger partial charge in [0, 0.05) is 28.7 Å². The molecule has 2 atom stereocenters. The van der Waals surface area contributed by atoms with Crippen molar-refractivity contribution in [1.82, 2.24) is 15.3 Å². The molecule has 1 heterocycles. The van der Waals surface area contributed by atoms with Gasteiger partial charge >= 0.3 is 0 Å². The van der Waals surface area contributed by atoms with Gasteiger partial charge in [0.05, 0.1) is 5.75 Å². The first-order chi connectivity index (χ1) is 8.58. The quantitative estimate of drug-likeness (QED) is 0.820. The molecule has 0 spiro atoms. The van der Waals surface area contributed by atoms with Crippen LogP contribution >= 0.6 is 11.8 Å². The highest BCUT2D eigenvalue weighted by atomic mass is 32.2. The topological polar surface area (TPSA) is 37.8 Å². The van der Waals surface area contributed by atoms with Crippen molar-refractivity contribution in [2.45, 2.75) is 58.1 Å². The Labute approximate surface area is 115 Å². The van der Waals surface area contributed by atoms with Gasteiger partial charge in [-0.2, -0.15) is 11.8 Å². The minimum atomic E-state index is 0.325. The van der Waals surface area contributed by atoms with Crippen LogP contribution in [0.1, 0.15) is 57.2 Å². The normalized spacial score (nSPS) is 14.5. The van der Waals surface area contributed by atoms with E-state index in [1.165, 1.54) is 12.0 Å². The maximum Gasteiger partial charge on any atom is 0.138 e. The van der Waals surface area contributed by atoms with Crippen molar-refractivity contribution in [3.8, 4) is 0 Å². The molecule has 1 rings (SSSR count). The average Bonchev–Trinajstić information content (AvgIpc) is 2.36. The molecule has 0 amide bonds. The molecule has 0 aromatic carbocycles. The molecule has 4 heteroatoms. The van der Waals surface area contributed by atoms with Gasteiger partial charge in [-0.15, -0.1) is 0 Å². The van der Waals surface area contributed by atoms with Crippen LogP contribution in [0.2, 0.25) is 0 Å². The Bertz CT molecular complexity index is 368. The summed E-state index contributed by atoms with van der Waals surface area (Å²) in [6.45, 7) is 11.8. The van der Waals surface area contributed by atoms with Crippen LogP contribution in [0.5, 0.6) is 0 Å². The Kier molecular flexibility index (Phi) is 6.65. The lowest BCUT2D eigenvalue weighted by atomic mass is 10.1. The van der Waals surface area contributed by atoms with Crippen LogP contribution in [0.15, 0.2) is 6.20 Å². The zero-order valence-corrected chi connectivity index (χ0v) is 13.0. The van der Waals surface area contributed by atoms with Crippen LogP contribution in [0.25, 0.3) is 0 Å². The van der Waals surface area contributed by atoms with Gasteiger partial charge in [-0.1, -0.05) is 20.8 Å². The first-order valence-corrected chi connectivity index (χ1v) is 7.80. The Morgan fingerprint density at radius 3 is 2.61 bits per heavy atom. The summed E-state index contributed by atoms with van der Waals surface area (Å²) in [6, 6.07) is 0.325. The molecular weight excluding hydrogens is 242 g/mol. The molecule has 102 valence electrons. The van der Waals surface area contributed by atoms with E-state index in [2.05, 4.69) is 49.9 Å². The van der Waals surface area contributed by atoms with Crippen molar-refractivity contribution in [1.29, 1.82) is 0 Å². The van der Waals surface area contributed by atoms with E-state index in [1.807, 2.05) is 18.0 Å². The predicted octanol–water partition coefficient (Wildman–Crippen LogP) is 3.49. The molecule has 1 aromatic rings. The van der Waals surface area contributed by atoms with Gasteiger partial charge in [0.1, 0.15) is 5.82 Å². The molecule has 0 radical (unpaired) electrons. The van der Waals surface area contributed by atoms with Crippen molar-refractivity contribution < 1.29 is 0 Å². The fourth-order valence-corrected chi connectivity index (χ4v) is 2.58. The molecule has 0 aliphatic carbocycles. The van der Waals surface area contributed by atoms with E-state index in [-0.39, 0.29) is 0 Å². The Hall–Kier alpha value is -0.610. The fraction of sp³-hybridized carbons (Fsp3) is 0.714. The third-order valence-corrected chi connectivity index (χ3v) is 4.44. The summed E-state index contributed by atoms with van der Waals surface area (Å²) >= 11 is 1.92. The fourth-order valence-electron chi connectivity index (χ4n) is 1.77. The average molecular weight is 267 g/mol. The maximum atomic E-state index is 4.61. The van der Waals surface area contributed by atoms with Crippen LogP contribution in [0, 0.1) is 6.92 Å². The number of rotatable bonds is 7. The van der Waals surface area contributed by atoms with Crippen LogP contribution in [0.4, 0.5) is 0 Å². The van der Waals surface area contributed by atoms with Crippen molar-refractivity contribution in [3.05, 3.63) is 23.3 Å². The zero-order valence-electron chi connectivity index (χ0n) is 12.2. The van der Waals surface area contributed by atoms with E-state index in [9.17, 15) is 0 Å². The Balaban J connectivity index is 2.67. The molecule has 1 N–H and O–H groups in total. The first kappa shape index (κ1) is 15.4. The summed E-state index contributed by atoms with van der Waals surface area (Å²) in [7, 11) is 0. The highest BCUT2D eigenvalue weighted by Gasteiger charge is 2.10. The second-order valence-electron chi connectivity index (χ2n) is 4.64. The van der Waals surface area contributed by atoms with Crippen molar-refractivity contribution >= 4 is 11.8 Å². The number of aryl methyl sites for hydroxylation is 1. The number of nitrogens with one attached hydrogen (secondary N) is 1. The molecule has 3 nitrogen and oxygen atoms in total. The van der Waals surface area contributed by atoms with Crippen molar-refractivity contribution in [2.75, 3.05) is 6.54 Å². The van der Waals surface area contributed by atoms with E-state index < -0.39 is 0 Å². The summed E-state index contributed by atoms with van der Waals surface area (Å²) in [6.07, 6.45) is 3.17. The van der Waals surface area contributed by atoms with Crippen LogP contribution in [0.3, 0.4) is 0 Å². The molecule has 18 heavy (non-hydrogen) atoms. The van der Waals surface area contributed by atoms with E-state index in [4.69, 9.17) is 0 Å². The molecule has 0 saturated carbocycles. The van der Waals surface area contributed by atoms with Gasteiger partial charge < -0.3 is 5.32 Å². The molecule has 0 fully saturated rings. The van der Waals surface area contributed by atoms with Gasteiger partial charge in [0.15, 0.2) is 0 Å². The van der Waals surface area contributed by atoms with Gasteiger partial charge in [-0.05, 0) is 26.8 Å². The largest absolute Gasteiger partial charge is 0.310 e. The van der Waals surface area contributed by atoms with Gasteiger partial charge in [-0.3, -0.25) is 0 Å². The lowest BCUT2D eigenvalue weighted by molar-refractivity contribution is 0.589. The number of hydrogen-bond acceptors (Lipinski definition) is 4. The van der Waals surface area contributed by atoms with E-state index in [0.717, 1.165) is 23.8 Å². The zero-order chi connectivity index (χ0) is 13.5. The summed E-state index contributed by atoms with van der Waals surface area (Å²) < 4.78 is 0. The third kappa shape index (κ3) is 4.58. The smallest absolute Gasteiger partial charge is 0.138 e. The Morgan fingerprint density at radius 2 is 2.06 bits per heavy atom. The number of thioether (sulfide) groups is 1. The lowest BCUT2D eigenvalue weighted by Gasteiger charge is -2.15. The molecule has 1 aromatic heterocycles. The minimum absolute atomic E-state index is 0.325. The molecular formula is C14H25N3S. The predicted molar refractivity (Wildman–Crippen MR) is 79.9 cm³/mol. The maximum absolute atomic E-state index is 4.61. The summed E-state index contributed by atoms with van der Waals surface area (Å²) in [5.74, 6) is 1.86. The van der Waals surface area contributed by atoms with Crippen LogP contribution in [-0.4, -0.2) is 21.8 Å². The highest BCUT2D eigenvalue weighted by Crippen LogP contribution is 2.20. The Morgan fingerprint density at radius 1 is 1.33 bits per heavy atom. The minimum Gasteiger partial charge on any atom is -0.310 e. The summed E-state index contributed by atoms with van der Waals surface area (Å²) in [5, 5.41) is 4.07. The van der Waals surface area contributed by atoms with E-state index in [0.29, 0.717) is 11.3 Å². The van der Waals surface area contributed by atoms with Gasteiger partial charge in [0.2, 0.25) is 0 Å². The van der Waals surface area contributed by atoms with E-state index in [1.54, 1.807) is 0 Å². The first-order valence-electron chi connectivity index (χ1n) is 6.75. The second kappa shape index (κ2) is 7.74. The summed E-state index contributed by atoms with van der Waals surface area (Å²) in [4.78, 5) is 9.09. The van der Waals surface area contributed by atoms with Gasteiger partial charge in [-0.25, -0.2) is 9.97 Å². The van der Waals surface area contributed by atoms with Crippen LogP contribution in [-0.2, 0) is 5.75 Å². The standard InChI is InChI=1S/C14H25N3S/c1-6-10(3)18-9-14-16-8-13(12(5)17-14)11(4)15-7-2/h8,10-11,15H,6-7,9H2,1-5H3. The van der Waals surface area contributed by atoms with Gasteiger partial charge in [0.25, 0.3) is 0 Å². The van der Waals surface area contributed by atoms with Crippen molar-refractivity contribution in [3.63, 3.8) is 0 Å². The molecule has 0 saturated heterocycles. The second-order valence-corrected chi connectivity index (χ2v) is 6.06. The molecule has 0 aliphatic rings. The molecule has 2 unspecified atom stereocenters. The van der Waals surface area contributed by atoms with E-state index >= 15 is 0 Å². The number of nitrogens with zero attached hydrogens (tertiary/aromatic N) is 2.